The lowest BCUT2D eigenvalue weighted by atomic mass is 10.1. The van der Waals surface area contributed by atoms with Gasteiger partial charge in [0.15, 0.2) is 0 Å². The van der Waals surface area contributed by atoms with Gasteiger partial charge < -0.3 is 5.11 Å². The van der Waals surface area contributed by atoms with Crippen molar-refractivity contribution in [3.63, 3.8) is 0 Å². The Kier molecular flexibility index (Phi) is 4.50. The molecule has 17 heavy (non-hydrogen) atoms. The Hall–Kier alpha value is -1.11. The molecule has 7 heteroatoms. The Labute approximate surface area is 104 Å². The van der Waals surface area contributed by atoms with E-state index in [1.54, 1.807) is 24.3 Å². The molecule has 1 aromatic rings. The molecule has 1 unspecified atom stereocenters. The van der Waals surface area contributed by atoms with Crippen molar-refractivity contribution in [2.45, 2.75) is 12.5 Å². The van der Waals surface area contributed by atoms with Gasteiger partial charge in [-0.05, 0) is 17.7 Å². The molecule has 0 bridgehead atoms. The average Bonchev–Trinajstić information content (AvgIpc) is 2.14. The van der Waals surface area contributed by atoms with Gasteiger partial charge in [-0.1, -0.05) is 23.7 Å². The molecule has 0 fully saturated rings. The number of hydrogen-bond acceptors (Lipinski definition) is 3. The lowest BCUT2D eigenvalue weighted by molar-refractivity contribution is -0.137. The smallest absolute Gasteiger partial charge is 0.305 e. The quantitative estimate of drug-likeness (QED) is 0.852. The Morgan fingerprint density at radius 2 is 1.94 bits per heavy atom. The van der Waals surface area contributed by atoms with Gasteiger partial charge in [-0.15, -0.1) is 0 Å². The second-order valence-corrected chi connectivity index (χ2v) is 5.81. The summed E-state index contributed by atoms with van der Waals surface area (Å²) in [6.07, 6.45) is 0.659. The number of carbonyl (C=O) groups is 1. The monoisotopic (exact) mass is 277 g/mol. The summed E-state index contributed by atoms with van der Waals surface area (Å²) in [5.41, 5.74) is 0.558. The molecular weight excluding hydrogens is 266 g/mol. The lowest BCUT2D eigenvalue weighted by Crippen LogP contribution is -2.29. The van der Waals surface area contributed by atoms with Crippen LogP contribution in [0.15, 0.2) is 24.3 Å². The largest absolute Gasteiger partial charge is 0.481 e. The van der Waals surface area contributed by atoms with Crippen LogP contribution in [0.2, 0.25) is 5.02 Å². The number of halogens is 1. The second-order valence-electron chi connectivity index (χ2n) is 3.59. The van der Waals surface area contributed by atoms with E-state index in [2.05, 4.69) is 4.72 Å². The molecule has 1 atom stereocenters. The Bertz CT molecular complexity index is 498. The molecule has 0 spiro atoms. The highest BCUT2D eigenvalue weighted by Crippen LogP contribution is 2.20. The van der Waals surface area contributed by atoms with Crippen LogP contribution in [-0.2, 0) is 14.8 Å². The van der Waals surface area contributed by atoms with Crippen molar-refractivity contribution < 1.29 is 18.3 Å². The molecule has 0 aliphatic carbocycles. The van der Waals surface area contributed by atoms with Crippen LogP contribution < -0.4 is 4.72 Å². The first kappa shape index (κ1) is 14.0. The summed E-state index contributed by atoms with van der Waals surface area (Å²) in [5, 5.41) is 9.24. The van der Waals surface area contributed by atoms with Crippen molar-refractivity contribution in [2.75, 3.05) is 6.26 Å². The van der Waals surface area contributed by atoms with Crippen molar-refractivity contribution in [3.8, 4) is 0 Å². The first-order valence-electron chi connectivity index (χ1n) is 4.72. The Morgan fingerprint density at radius 3 is 2.35 bits per heavy atom. The highest BCUT2D eigenvalue weighted by Gasteiger charge is 2.19. The van der Waals surface area contributed by atoms with Crippen LogP contribution in [0.5, 0.6) is 0 Å². The maximum absolute atomic E-state index is 11.1. The van der Waals surface area contributed by atoms with Crippen molar-refractivity contribution in [2.24, 2.45) is 0 Å². The van der Waals surface area contributed by atoms with Crippen LogP contribution in [0.4, 0.5) is 0 Å². The zero-order valence-corrected chi connectivity index (χ0v) is 10.6. The van der Waals surface area contributed by atoms with E-state index in [-0.39, 0.29) is 6.42 Å². The first-order valence-corrected chi connectivity index (χ1v) is 6.99. The van der Waals surface area contributed by atoms with Crippen LogP contribution in [-0.4, -0.2) is 25.7 Å². The van der Waals surface area contributed by atoms with Gasteiger partial charge in [0.05, 0.1) is 18.7 Å². The molecule has 0 saturated heterocycles. The number of carboxylic acid groups (broad SMARTS) is 1. The van der Waals surface area contributed by atoms with E-state index in [0.717, 1.165) is 6.26 Å². The predicted molar refractivity (Wildman–Crippen MR) is 64.4 cm³/mol. The third kappa shape index (κ3) is 5.16. The van der Waals surface area contributed by atoms with Crippen LogP contribution in [0.25, 0.3) is 0 Å². The van der Waals surface area contributed by atoms with Gasteiger partial charge in [0.2, 0.25) is 10.0 Å². The van der Waals surface area contributed by atoms with Gasteiger partial charge in [0, 0.05) is 5.02 Å². The molecule has 5 nitrogen and oxygen atoms in total. The van der Waals surface area contributed by atoms with E-state index < -0.39 is 22.0 Å². The van der Waals surface area contributed by atoms with Gasteiger partial charge in [0.1, 0.15) is 0 Å². The van der Waals surface area contributed by atoms with E-state index in [1.807, 2.05) is 0 Å². The number of sulfonamides is 1. The van der Waals surface area contributed by atoms with Crippen LogP contribution in [0.1, 0.15) is 18.0 Å². The maximum Gasteiger partial charge on any atom is 0.305 e. The highest BCUT2D eigenvalue weighted by atomic mass is 35.5. The molecule has 1 rings (SSSR count). The first-order chi connectivity index (χ1) is 7.78. The number of aliphatic carboxylic acids is 1. The summed E-state index contributed by atoms with van der Waals surface area (Å²) in [4.78, 5) is 10.7. The SMILES string of the molecule is CS(=O)(=O)NC(CC(=O)O)c1ccc(Cl)cc1. The third-order valence-electron chi connectivity index (χ3n) is 2.01. The summed E-state index contributed by atoms with van der Waals surface area (Å²) in [6.45, 7) is 0. The molecule has 94 valence electrons. The zero-order chi connectivity index (χ0) is 13.1. The number of hydrogen-bond donors (Lipinski definition) is 2. The molecule has 0 amide bonds. The number of nitrogens with one attached hydrogen (secondary N) is 1. The van der Waals surface area contributed by atoms with E-state index in [1.165, 1.54) is 0 Å². The maximum atomic E-state index is 11.1. The molecule has 0 saturated carbocycles. The fourth-order valence-corrected chi connectivity index (χ4v) is 2.22. The van der Waals surface area contributed by atoms with Crippen LogP contribution in [0.3, 0.4) is 0 Å². The van der Waals surface area contributed by atoms with Crippen molar-refractivity contribution in [1.82, 2.24) is 4.72 Å². The topological polar surface area (TPSA) is 83.5 Å². The van der Waals surface area contributed by atoms with Gasteiger partial charge >= 0.3 is 5.97 Å². The Balaban J connectivity index is 2.97. The van der Waals surface area contributed by atoms with Crippen LogP contribution in [0, 0.1) is 0 Å². The Morgan fingerprint density at radius 1 is 1.41 bits per heavy atom. The number of rotatable bonds is 5. The van der Waals surface area contributed by atoms with Crippen molar-refractivity contribution >= 4 is 27.6 Å². The minimum atomic E-state index is -3.47. The van der Waals surface area contributed by atoms with E-state index in [4.69, 9.17) is 16.7 Å². The molecule has 2 N–H and O–H groups in total. The molecule has 0 heterocycles. The molecule has 1 aromatic carbocycles. The van der Waals surface area contributed by atoms with Crippen molar-refractivity contribution in [1.29, 1.82) is 0 Å². The summed E-state index contributed by atoms with van der Waals surface area (Å²) in [7, 11) is -3.47. The third-order valence-corrected chi connectivity index (χ3v) is 2.97. The predicted octanol–water partition coefficient (Wildman–Crippen LogP) is 1.40. The van der Waals surface area contributed by atoms with Crippen molar-refractivity contribution in [3.05, 3.63) is 34.9 Å². The molecule has 0 aliphatic heterocycles. The van der Waals surface area contributed by atoms with E-state index in [9.17, 15) is 13.2 Å². The van der Waals surface area contributed by atoms with Gasteiger partial charge in [0.25, 0.3) is 0 Å². The van der Waals surface area contributed by atoms with Gasteiger partial charge in [-0.25, -0.2) is 13.1 Å². The summed E-state index contributed by atoms with van der Waals surface area (Å²) >= 11 is 5.70. The number of carboxylic acids is 1. The molecular formula is C10H12ClNO4S. The lowest BCUT2D eigenvalue weighted by Gasteiger charge is -2.15. The number of benzene rings is 1. The zero-order valence-electron chi connectivity index (χ0n) is 9.05. The average molecular weight is 278 g/mol. The molecule has 0 aliphatic rings. The summed E-state index contributed by atoms with van der Waals surface area (Å²) in [5.74, 6) is -1.08. The van der Waals surface area contributed by atoms with Gasteiger partial charge in [-0.2, -0.15) is 0 Å². The highest BCUT2D eigenvalue weighted by molar-refractivity contribution is 7.88. The minimum Gasteiger partial charge on any atom is -0.481 e. The van der Waals surface area contributed by atoms with Crippen LogP contribution >= 0.6 is 11.6 Å². The summed E-state index contributed by atoms with van der Waals surface area (Å²) < 4.78 is 24.5. The fourth-order valence-electron chi connectivity index (χ4n) is 1.36. The second kappa shape index (κ2) is 5.48. The van der Waals surface area contributed by atoms with Gasteiger partial charge in [-0.3, -0.25) is 4.79 Å². The van der Waals surface area contributed by atoms with E-state index in [0.29, 0.717) is 10.6 Å². The minimum absolute atomic E-state index is 0.325. The molecule has 0 aromatic heterocycles. The normalized spacial score (nSPS) is 13.3. The molecule has 0 radical (unpaired) electrons. The standard InChI is InChI=1S/C10H12ClNO4S/c1-17(15,16)12-9(6-10(13)14)7-2-4-8(11)5-3-7/h2-5,9,12H,6H2,1H3,(H,13,14). The van der Waals surface area contributed by atoms with E-state index >= 15 is 0 Å². The fraction of sp³-hybridized carbons (Fsp3) is 0.300. The summed E-state index contributed by atoms with van der Waals surface area (Å²) in [6, 6.07) is 5.55.